The van der Waals surface area contributed by atoms with Crippen molar-refractivity contribution in [2.24, 2.45) is 0 Å². The van der Waals surface area contributed by atoms with E-state index in [1.165, 1.54) is 0 Å². The Balaban J connectivity index is 1.96. The molecule has 0 radical (unpaired) electrons. The Kier molecular flexibility index (Phi) is 2.98. The van der Waals surface area contributed by atoms with Gasteiger partial charge < -0.3 is 19.3 Å². The number of aliphatic hydroxyl groups is 1. The zero-order valence-corrected chi connectivity index (χ0v) is 7.63. The second-order valence-corrected chi connectivity index (χ2v) is 2.93. The molecule has 1 aliphatic rings. The summed E-state index contributed by atoms with van der Waals surface area (Å²) in [6.07, 6.45) is -1.74. The Bertz CT molecular complexity index is 275. The number of hydrogen-bond donors (Lipinski definition) is 1. The van der Waals surface area contributed by atoms with Crippen LogP contribution in [0.5, 0.6) is 5.75 Å². The van der Waals surface area contributed by atoms with Crippen LogP contribution in [0.25, 0.3) is 0 Å². The lowest BCUT2D eigenvalue weighted by molar-refractivity contribution is -0.281. The molecule has 0 aromatic heterocycles. The van der Waals surface area contributed by atoms with Crippen LogP contribution in [0.15, 0.2) is 30.3 Å². The largest absolute Gasteiger partial charge is 0.459 e. The molecule has 1 aromatic rings. The van der Waals surface area contributed by atoms with Gasteiger partial charge in [0.05, 0.1) is 13.2 Å². The van der Waals surface area contributed by atoms with E-state index >= 15 is 0 Å². The first-order valence-electron chi connectivity index (χ1n) is 4.49. The molecule has 0 amide bonds. The van der Waals surface area contributed by atoms with Crippen molar-refractivity contribution < 1.29 is 19.3 Å². The van der Waals surface area contributed by atoms with Crippen molar-refractivity contribution in [2.75, 3.05) is 13.2 Å². The minimum atomic E-state index is -1.01. The Labute approximate surface area is 82.0 Å². The fraction of sp³-hybridized carbons (Fsp3) is 0.400. The van der Waals surface area contributed by atoms with Crippen molar-refractivity contribution in [3.05, 3.63) is 30.3 Å². The van der Waals surface area contributed by atoms with Crippen LogP contribution in [0, 0.1) is 0 Å². The summed E-state index contributed by atoms with van der Waals surface area (Å²) < 4.78 is 15.5. The Hall–Kier alpha value is -1.10. The maximum absolute atomic E-state index is 9.36. The highest BCUT2D eigenvalue weighted by Crippen LogP contribution is 2.15. The molecule has 2 atom stereocenters. The van der Waals surface area contributed by atoms with Crippen molar-refractivity contribution in [3.63, 3.8) is 0 Å². The molecule has 2 rings (SSSR count). The summed E-state index contributed by atoms with van der Waals surface area (Å²) in [5.74, 6) is 0.655. The fourth-order valence-electron chi connectivity index (χ4n) is 1.22. The number of hydrogen-bond acceptors (Lipinski definition) is 4. The molecule has 1 N–H and O–H groups in total. The molecule has 76 valence electrons. The second kappa shape index (κ2) is 4.41. The monoisotopic (exact) mass is 196 g/mol. The van der Waals surface area contributed by atoms with E-state index in [-0.39, 0.29) is 0 Å². The number of ether oxygens (including phenoxy) is 3. The summed E-state index contributed by atoms with van der Waals surface area (Å²) >= 11 is 0. The van der Waals surface area contributed by atoms with Gasteiger partial charge in [0.25, 0.3) is 6.29 Å². The Morgan fingerprint density at radius 3 is 2.57 bits per heavy atom. The molecule has 1 aromatic carbocycles. The summed E-state index contributed by atoms with van der Waals surface area (Å²) in [5, 5.41) is 9.36. The molecule has 2 unspecified atom stereocenters. The van der Waals surface area contributed by atoms with Crippen LogP contribution >= 0.6 is 0 Å². The standard InChI is InChI=1S/C10H12O4/c11-9-10(13-7-6-12-9)14-8-4-2-1-3-5-8/h1-5,9-11H,6-7H2. The predicted octanol–water partition coefficient (Wildman–Crippen LogP) is 0.757. The molecule has 0 spiro atoms. The molecule has 14 heavy (non-hydrogen) atoms. The normalized spacial score (nSPS) is 27.2. The third-order valence-electron chi connectivity index (χ3n) is 1.88. The molecule has 4 nitrogen and oxygen atoms in total. The molecular weight excluding hydrogens is 184 g/mol. The first kappa shape index (κ1) is 9.45. The van der Waals surface area contributed by atoms with E-state index < -0.39 is 12.6 Å². The van der Waals surface area contributed by atoms with Crippen LogP contribution in [0.3, 0.4) is 0 Å². The van der Waals surface area contributed by atoms with Crippen molar-refractivity contribution >= 4 is 0 Å². The summed E-state index contributed by atoms with van der Waals surface area (Å²) in [6, 6.07) is 9.19. The number of aliphatic hydroxyl groups excluding tert-OH is 1. The van der Waals surface area contributed by atoms with Crippen molar-refractivity contribution in [2.45, 2.75) is 12.6 Å². The highest BCUT2D eigenvalue weighted by molar-refractivity contribution is 5.21. The molecule has 0 bridgehead atoms. The van der Waals surface area contributed by atoms with Gasteiger partial charge in [-0.25, -0.2) is 0 Å². The van der Waals surface area contributed by atoms with Gasteiger partial charge in [-0.2, -0.15) is 0 Å². The van der Waals surface area contributed by atoms with E-state index in [2.05, 4.69) is 0 Å². The number of benzene rings is 1. The Morgan fingerprint density at radius 1 is 1.14 bits per heavy atom. The molecule has 1 heterocycles. The van der Waals surface area contributed by atoms with Crippen molar-refractivity contribution in [1.29, 1.82) is 0 Å². The molecule has 0 saturated carbocycles. The fourth-order valence-corrected chi connectivity index (χ4v) is 1.22. The lowest BCUT2D eigenvalue weighted by atomic mass is 10.3. The van der Waals surface area contributed by atoms with Gasteiger partial charge in [-0.15, -0.1) is 0 Å². The summed E-state index contributed by atoms with van der Waals surface area (Å²) in [4.78, 5) is 0. The van der Waals surface area contributed by atoms with Gasteiger partial charge in [0.2, 0.25) is 6.29 Å². The van der Waals surface area contributed by atoms with Gasteiger partial charge in [0.1, 0.15) is 5.75 Å². The lowest BCUT2D eigenvalue weighted by Gasteiger charge is -2.28. The van der Waals surface area contributed by atoms with Crippen molar-refractivity contribution in [1.82, 2.24) is 0 Å². The first-order valence-corrected chi connectivity index (χ1v) is 4.49. The van der Waals surface area contributed by atoms with Crippen molar-refractivity contribution in [3.8, 4) is 5.75 Å². The molecule has 1 aliphatic heterocycles. The molecule has 1 saturated heterocycles. The highest BCUT2D eigenvalue weighted by Gasteiger charge is 2.26. The van der Waals surface area contributed by atoms with Gasteiger partial charge in [-0.05, 0) is 12.1 Å². The van der Waals surface area contributed by atoms with E-state index in [1.54, 1.807) is 12.1 Å². The van der Waals surface area contributed by atoms with E-state index in [1.807, 2.05) is 18.2 Å². The van der Waals surface area contributed by atoms with Crippen LogP contribution < -0.4 is 4.74 Å². The topological polar surface area (TPSA) is 47.9 Å². The molecule has 0 aliphatic carbocycles. The van der Waals surface area contributed by atoms with Gasteiger partial charge in [0, 0.05) is 0 Å². The van der Waals surface area contributed by atoms with E-state index in [4.69, 9.17) is 14.2 Å². The number of para-hydroxylation sites is 1. The Morgan fingerprint density at radius 2 is 1.86 bits per heavy atom. The average molecular weight is 196 g/mol. The van der Waals surface area contributed by atoms with Gasteiger partial charge in [-0.3, -0.25) is 0 Å². The third kappa shape index (κ3) is 2.23. The second-order valence-electron chi connectivity index (χ2n) is 2.93. The SMILES string of the molecule is OC1OCCOC1Oc1ccccc1. The molecule has 1 fully saturated rings. The average Bonchev–Trinajstić information content (AvgIpc) is 2.23. The molecular formula is C10H12O4. The first-order chi connectivity index (χ1) is 6.86. The predicted molar refractivity (Wildman–Crippen MR) is 48.8 cm³/mol. The zero-order chi connectivity index (χ0) is 9.80. The smallest absolute Gasteiger partial charge is 0.251 e. The maximum Gasteiger partial charge on any atom is 0.251 e. The van der Waals surface area contributed by atoms with Gasteiger partial charge in [0.15, 0.2) is 0 Å². The third-order valence-corrected chi connectivity index (χ3v) is 1.88. The summed E-state index contributed by atoms with van der Waals surface area (Å²) in [7, 11) is 0. The minimum Gasteiger partial charge on any atom is -0.459 e. The quantitative estimate of drug-likeness (QED) is 0.758. The summed E-state index contributed by atoms with van der Waals surface area (Å²) in [6.45, 7) is 0.838. The summed E-state index contributed by atoms with van der Waals surface area (Å²) in [5.41, 5.74) is 0. The zero-order valence-electron chi connectivity index (χ0n) is 7.63. The molecule has 4 heteroatoms. The van der Waals surface area contributed by atoms with Crippen LogP contribution in [0.1, 0.15) is 0 Å². The minimum absolute atomic E-state index is 0.399. The highest BCUT2D eigenvalue weighted by atomic mass is 16.8. The van der Waals surface area contributed by atoms with Gasteiger partial charge >= 0.3 is 0 Å². The van der Waals surface area contributed by atoms with E-state index in [9.17, 15) is 5.11 Å². The maximum atomic E-state index is 9.36. The van der Waals surface area contributed by atoms with Crippen LogP contribution in [-0.4, -0.2) is 30.9 Å². The van der Waals surface area contributed by atoms with E-state index in [0.29, 0.717) is 19.0 Å². The van der Waals surface area contributed by atoms with Gasteiger partial charge in [-0.1, -0.05) is 18.2 Å². The van der Waals surface area contributed by atoms with E-state index in [0.717, 1.165) is 0 Å². The van der Waals surface area contributed by atoms with Crippen LogP contribution in [0.4, 0.5) is 0 Å². The number of rotatable bonds is 2. The lowest BCUT2D eigenvalue weighted by Crippen LogP contribution is -2.42. The van der Waals surface area contributed by atoms with Crippen LogP contribution in [-0.2, 0) is 9.47 Å². The van der Waals surface area contributed by atoms with Crippen LogP contribution in [0.2, 0.25) is 0 Å².